The third-order valence-electron chi connectivity index (χ3n) is 3.04. The first-order chi connectivity index (χ1) is 8.05. The summed E-state index contributed by atoms with van der Waals surface area (Å²) in [5.74, 6) is 0.0315. The highest BCUT2D eigenvalue weighted by molar-refractivity contribution is 7.88. The molecule has 1 aromatic carbocycles. The first kappa shape index (κ1) is 12.4. The topological polar surface area (TPSA) is 72.2 Å². The molecule has 1 fully saturated rings. The van der Waals surface area contributed by atoms with Gasteiger partial charge in [0.2, 0.25) is 10.0 Å². The van der Waals surface area contributed by atoms with Crippen molar-refractivity contribution in [2.75, 3.05) is 5.73 Å². The minimum Gasteiger partial charge on any atom is -0.399 e. The molecule has 3 N–H and O–H groups in total. The summed E-state index contributed by atoms with van der Waals surface area (Å²) in [5, 5.41) is 0. The van der Waals surface area contributed by atoms with Crippen LogP contribution in [0.3, 0.4) is 0 Å². The fourth-order valence-electron chi connectivity index (χ4n) is 2.17. The monoisotopic (exact) mass is 254 g/mol. The molecular weight excluding hydrogens is 236 g/mol. The Kier molecular flexibility index (Phi) is 3.69. The minimum atomic E-state index is -3.22. The number of nitrogen functional groups attached to an aromatic ring is 1. The fraction of sp³-hybridized carbons (Fsp3) is 0.500. The molecule has 0 aliphatic heterocycles. The molecular formula is C12H18N2O2S. The predicted molar refractivity (Wildman–Crippen MR) is 68.9 cm³/mol. The van der Waals surface area contributed by atoms with E-state index in [4.69, 9.17) is 5.73 Å². The summed E-state index contributed by atoms with van der Waals surface area (Å²) in [6.07, 6.45) is 4.16. The van der Waals surface area contributed by atoms with E-state index in [1.165, 1.54) is 0 Å². The van der Waals surface area contributed by atoms with Gasteiger partial charge in [-0.2, -0.15) is 0 Å². The summed E-state index contributed by atoms with van der Waals surface area (Å²) >= 11 is 0. The Morgan fingerprint density at radius 2 is 1.76 bits per heavy atom. The maximum absolute atomic E-state index is 11.9. The molecule has 0 aromatic heterocycles. The van der Waals surface area contributed by atoms with E-state index in [1.54, 1.807) is 24.3 Å². The fourth-order valence-corrected chi connectivity index (χ4v) is 3.63. The van der Waals surface area contributed by atoms with Crippen LogP contribution >= 0.6 is 0 Å². The third kappa shape index (κ3) is 3.71. The van der Waals surface area contributed by atoms with Crippen LogP contribution in [-0.4, -0.2) is 14.5 Å². The second-order valence-corrected chi connectivity index (χ2v) is 6.35. The van der Waals surface area contributed by atoms with Crippen LogP contribution in [0.5, 0.6) is 0 Å². The Balaban J connectivity index is 1.98. The molecule has 2 rings (SSSR count). The number of nitrogens with two attached hydrogens (primary N) is 1. The lowest BCUT2D eigenvalue weighted by atomic mass is 10.2. The van der Waals surface area contributed by atoms with Crippen LogP contribution in [-0.2, 0) is 15.8 Å². The van der Waals surface area contributed by atoms with E-state index < -0.39 is 10.0 Å². The molecule has 1 aliphatic rings. The van der Waals surface area contributed by atoms with Gasteiger partial charge in [-0.25, -0.2) is 13.1 Å². The van der Waals surface area contributed by atoms with Gasteiger partial charge in [-0.15, -0.1) is 0 Å². The van der Waals surface area contributed by atoms with Gasteiger partial charge in [0.15, 0.2) is 0 Å². The highest BCUT2D eigenvalue weighted by atomic mass is 32.2. The lowest BCUT2D eigenvalue weighted by Gasteiger charge is -2.12. The minimum absolute atomic E-state index is 0.0315. The number of hydrogen-bond acceptors (Lipinski definition) is 3. The van der Waals surface area contributed by atoms with Crippen molar-refractivity contribution in [2.45, 2.75) is 37.5 Å². The number of hydrogen-bond donors (Lipinski definition) is 2. The number of nitrogens with one attached hydrogen (secondary N) is 1. The van der Waals surface area contributed by atoms with Gasteiger partial charge in [0.05, 0.1) is 5.75 Å². The quantitative estimate of drug-likeness (QED) is 0.802. The molecule has 1 aromatic rings. The Morgan fingerprint density at radius 3 is 2.35 bits per heavy atom. The number of benzene rings is 1. The number of sulfonamides is 1. The van der Waals surface area contributed by atoms with Gasteiger partial charge in [-0.3, -0.25) is 0 Å². The van der Waals surface area contributed by atoms with Crippen LogP contribution in [0.1, 0.15) is 31.2 Å². The van der Waals surface area contributed by atoms with Crippen molar-refractivity contribution in [3.8, 4) is 0 Å². The summed E-state index contributed by atoms with van der Waals surface area (Å²) in [5.41, 5.74) is 6.97. The van der Waals surface area contributed by atoms with Gasteiger partial charge in [0.1, 0.15) is 0 Å². The number of anilines is 1. The Bertz CT molecular complexity index is 462. The van der Waals surface area contributed by atoms with Crippen LogP contribution < -0.4 is 10.5 Å². The average molecular weight is 254 g/mol. The molecule has 0 heterocycles. The van der Waals surface area contributed by atoms with E-state index in [0.717, 1.165) is 31.2 Å². The Morgan fingerprint density at radius 1 is 1.18 bits per heavy atom. The summed E-state index contributed by atoms with van der Waals surface area (Å²) in [6.45, 7) is 0. The summed E-state index contributed by atoms with van der Waals surface area (Å²) < 4.78 is 26.6. The molecule has 0 unspecified atom stereocenters. The van der Waals surface area contributed by atoms with E-state index in [0.29, 0.717) is 5.69 Å². The van der Waals surface area contributed by atoms with Crippen LogP contribution in [0.4, 0.5) is 5.69 Å². The molecule has 0 amide bonds. The smallest absolute Gasteiger partial charge is 0.216 e. The van der Waals surface area contributed by atoms with E-state index in [-0.39, 0.29) is 11.8 Å². The van der Waals surface area contributed by atoms with E-state index in [2.05, 4.69) is 4.72 Å². The van der Waals surface area contributed by atoms with Gasteiger partial charge < -0.3 is 5.73 Å². The van der Waals surface area contributed by atoms with E-state index in [1.807, 2.05) is 0 Å². The maximum atomic E-state index is 11.9. The summed E-state index contributed by atoms with van der Waals surface area (Å²) in [6, 6.07) is 7.08. The van der Waals surface area contributed by atoms with Crippen molar-refractivity contribution < 1.29 is 8.42 Å². The lowest BCUT2D eigenvalue weighted by Crippen LogP contribution is -2.33. The molecule has 0 radical (unpaired) electrons. The van der Waals surface area contributed by atoms with Crippen LogP contribution in [0.25, 0.3) is 0 Å². The second kappa shape index (κ2) is 5.06. The van der Waals surface area contributed by atoms with Crippen molar-refractivity contribution in [3.05, 3.63) is 29.8 Å². The van der Waals surface area contributed by atoms with Crippen molar-refractivity contribution >= 4 is 15.7 Å². The van der Waals surface area contributed by atoms with Crippen LogP contribution in [0.2, 0.25) is 0 Å². The predicted octanol–water partition coefficient (Wildman–Crippen LogP) is 1.63. The molecule has 0 atom stereocenters. The standard InChI is InChI=1S/C12H18N2O2S/c13-11-7-5-10(6-8-11)9-17(15,16)14-12-3-1-2-4-12/h5-8,12,14H,1-4,9,13H2. The van der Waals surface area contributed by atoms with Gasteiger partial charge in [-0.1, -0.05) is 25.0 Å². The summed E-state index contributed by atoms with van der Waals surface area (Å²) in [7, 11) is -3.22. The zero-order valence-corrected chi connectivity index (χ0v) is 10.5. The van der Waals surface area contributed by atoms with Crippen molar-refractivity contribution in [2.24, 2.45) is 0 Å². The van der Waals surface area contributed by atoms with Crippen molar-refractivity contribution in [1.29, 1.82) is 0 Å². The highest BCUT2D eigenvalue weighted by Crippen LogP contribution is 2.19. The van der Waals surface area contributed by atoms with E-state index in [9.17, 15) is 8.42 Å². The summed E-state index contributed by atoms with van der Waals surface area (Å²) in [4.78, 5) is 0. The average Bonchev–Trinajstić information content (AvgIpc) is 2.73. The first-order valence-electron chi connectivity index (χ1n) is 5.89. The molecule has 5 heteroatoms. The van der Waals surface area contributed by atoms with Crippen molar-refractivity contribution in [1.82, 2.24) is 4.72 Å². The van der Waals surface area contributed by atoms with Gasteiger partial charge >= 0.3 is 0 Å². The third-order valence-corrected chi connectivity index (χ3v) is 4.44. The zero-order chi connectivity index (χ0) is 12.3. The lowest BCUT2D eigenvalue weighted by molar-refractivity contribution is 0.551. The SMILES string of the molecule is Nc1ccc(CS(=O)(=O)NC2CCCC2)cc1. The van der Waals surface area contributed by atoms with Crippen LogP contribution in [0.15, 0.2) is 24.3 Å². The molecule has 0 spiro atoms. The Labute approximate surface area is 102 Å². The number of rotatable bonds is 4. The Hall–Kier alpha value is -1.07. The second-order valence-electron chi connectivity index (χ2n) is 4.60. The van der Waals surface area contributed by atoms with Crippen molar-refractivity contribution in [3.63, 3.8) is 0 Å². The maximum Gasteiger partial charge on any atom is 0.216 e. The largest absolute Gasteiger partial charge is 0.399 e. The van der Waals surface area contributed by atoms with Crippen LogP contribution in [0, 0.1) is 0 Å². The molecule has 1 saturated carbocycles. The zero-order valence-electron chi connectivity index (χ0n) is 9.72. The molecule has 94 valence electrons. The molecule has 17 heavy (non-hydrogen) atoms. The molecule has 1 aliphatic carbocycles. The molecule has 4 nitrogen and oxygen atoms in total. The highest BCUT2D eigenvalue weighted by Gasteiger charge is 2.21. The molecule has 0 bridgehead atoms. The van der Waals surface area contributed by atoms with Gasteiger partial charge in [-0.05, 0) is 30.5 Å². The van der Waals surface area contributed by atoms with Gasteiger partial charge in [0.25, 0.3) is 0 Å². The van der Waals surface area contributed by atoms with Gasteiger partial charge in [0, 0.05) is 11.7 Å². The normalized spacial score (nSPS) is 17.4. The first-order valence-corrected chi connectivity index (χ1v) is 7.55. The molecule has 0 saturated heterocycles. The van der Waals surface area contributed by atoms with E-state index >= 15 is 0 Å².